The average molecular weight is 446 g/mol. The van der Waals surface area contributed by atoms with Crippen LogP contribution in [-0.2, 0) is 27.7 Å². The maximum absolute atomic E-state index is 12.8. The van der Waals surface area contributed by atoms with Gasteiger partial charge in [-0.05, 0) is 69.2 Å². The van der Waals surface area contributed by atoms with Gasteiger partial charge in [-0.15, -0.1) is 0 Å². The molecule has 0 saturated carbocycles. The summed E-state index contributed by atoms with van der Waals surface area (Å²) in [5.41, 5.74) is 0.713. The van der Waals surface area contributed by atoms with E-state index < -0.39 is 17.2 Å². The van der Waals surface area contributed by atoms with Crippen LogP contribution in [0.25, 0.3) is 11.3 Å². The van der Waals surface area contributed by atoms with Crippen molar-refractivity contribution in [1.82, 2.24) is 0 Å². The molecular formula is C25H25F3O4. The van der Waals surface area contributed by atoms with Crippen molar-refractivity contribution in [3.8, 4) is 17.1 Å². The van der Waals surface area contributed by atoms with E-state index in [2.05, 4.69) is 0 Å². The van der Waals surface area contributed by atoms with Crippen molar-refractivity contribution < 1.29 is 31.9 Å². The highest BCUT2D eigenvalue weighted by atomic mass is 19.4. The second-order valence-corrected chi connectivity index (χ2v) is 7.95. The lowest BCUT2D eigenvalue weighted by Crippen LogP contribution is -2.31. The van der Waals surface area contributed by atoms with Gasteiger partial charge in [0, 0.05) is 5.56 Å². The fourth-order valence-electron chi connectivity index (χ4n) is 3.17. The van der Waals surface area contributed by atoms with Crippen molar-refractivity contribution in [3.63, 3.8) is 0 Å². The van der Waals surface area contributed by atoms with E-state index in [9.17, 15) is 18.0 Å². The molecule has 0 N–H and O–H groups in total. The van der Waals surface area contributed by atoms with Crippen LogP contribution in [0.2, 0.25) is 0 Å². The van der Waals surface area contributed by atoms with E-state index in [0.717, 1.165) is 23.3 Å². The Hall–Kier alpha value is -3.22. The number of hydrogen-bond acceptors (Lipinski definition) is 4. The zero-order valence-electron chi connectivity index (χ0n) is 18.4. The Kier molecular flexibility index (Phi) is 6.67. The monoisotopic (exact) mass is 446 g/mol. The second kappa shape index (κ2) is 9.10. The molecule has 0 radical (unpaired) electrons. The number of carbonyl (C=O) groups is 1. The fourth-order valence-corrected chi connectivity index (χ4v) is 3.17. The number of halogens is 3. The molecule has 3 rings (SSSR count). The molecule has 4 nitrogen and oxygen atoms in total. The Morgan fingerprint density at radius 1 is 0.969 bits per heavy atom. The Balaban J connectivity index is 1.68. The number of ether oxygens (including phenoxy) is 2. The summed E-state index contributed by atoms with van der Waals surface area (Å²) in [5.74, 6) is 1.35. The maximum atomic E-state index is 12.8. The molecule has 0 fully saturated rings. The molecule has 0 spiro atoms. The molecule has 7 heteroatoms. The summed E-state index contributed by atoms with van der Waals surface area (Å²) < 4.78 is 55.0. The van der Waals surface area contributed by atoms with Crippen molar-refractivity contribution in [2.24, 2.45) is 0 Å². The number of carbonyl (C=O) groups excluding carboxylic acids is 1. The van der Waals surface area contributed by atoms with Crippen LogP contribution in [0.4, 0.5) is 13.2 Å². The number of rotatable bonds is 7. The highest BCUT2D eigenvalue weighted by molar-refractivity contribution is 5.82. The topological polar surface area (TPSA) is 48.7 Å². The first kappa shape index (κ1) is 23.4. The Morgan fingerprint density at radius 2 is 1.56 bits per heavy atom. The first-order valence-corrected chi connectivity index (χ1v) is 10.2. The quantitative estimate of drug-likeness (QED) is 0.379. The molecule has 1 aromatic heterocycles. The summed E-state index contributed by atoms with van der Waals surface area (Å²) in [7, 11) is 0. The number of esters is 1. The van der Waals surface area contributed by atoms with Crippen molar-refractivity contribution in [2.75, 3.05) is 6.61 Å². The number of aryl methyl sites for hydroxylation is 1. The summed E-state index contributed by atoms with van der Waals surface area (Å²) in [5, 5.41) is 0. The molecule has 0 aliphatic carbocycles. The zero-order valence-corrected chi connectivity index (χ0v) is 18.4. The van der Waals surface area contributed by atoms with E-state index in [1.54, 1.807) is 39.0 Å². The summed E-state index contributed by atoms with van der Waals surface area (Å²) in [4.78, 5) is 12.2. The van der Waals surface area contributed by atoms with Crippen molar-refractivity contribution in [2.45, 2.75) is 45.9 Å². The minimum absolute atomic E-state index is 0.160. The van der Waals surface area contributed by atoms with E-state index in [-0.39, 0.29) is 12.6 Å². The molecule has 0 atom stereocenters. The molecule has 0 amide bonds. The Labute approximate surface area is 185 Å². The number of furan rings is 1. The lowest BCUT2D eigenvalue weighted by atomic mass is 9.85. The van der Waals surface area contributed by atoms with Crippen LogP contribution in [-0.4, -0.2) is 12.6 Å². The zero-order chi connectivity index (χ0) is 23.5. The molecule has 0 unspecified atom stereocenters. The SMILES string of the molecule is CCOC(=O)C(C)(C)c1ccc(OCc2oc(-c3ccc(C(F)(F)F)cc3)cc2C)cc1. The standard InChI is InChI=1S/C25H25F3O4/c1-5-30-23(29)24(3,4)18-10-12-20(13-11-18)31-15-22-16(2)14-21(32-22)17-6-8-19(9-7-17)25(26,27)28/h6-14H,5,15H2,1-4H3. The van der Waals surface area contributed by atoms with Crippen LogP contribution in [0, 0.1) is 6.92 Å². The first-order valence-electron chi connectivity index (χ1n) is 10.2. The molecule has 0 saturated heterocycles. The van der Waals surface area contributed by atoms with Crippen LogP contribution in [0.3, 0.4) is 0 Å². The second-order valence-electron chi connectivity index (χ2n) is 7.95. The molecule has 0 aliphatic heterocycles. The van der Waals surface area contributed by atoms with Crippen LogP contribution >= 0.6 is 0 Å². The average Bonchev–Trinajstić information content (AvgIpc) is 3.12. The molecule has 2 aromatic carbocycles. The normalized spacial score (nSPS) is 12.0. The fraction of sp³-hybridized carbons (Fsp3) is 0.320. The molecule has 0 bridgehead atoms. The first-order chi connectivity index (χ1) is 15.0. The lowest BCUT2D eigenvalue weighted by Gasteiger charge is -2.23. The van der Waals surface area contributed by atoms with Gasteiger partial charge < -0.3 is 13.9 Å². The van der Waals surface area contributed by atoms with Gasteiger partial charge in [-0.2, -0.15) is 13.2 Å². The predicted octanol–water partition coefficient (Wildman–Crippen LogP) is 6.69. The van der Waals surface area contributed by atoms with Crippen LogP contribution in [0.5, 0.6) is 5.75 Å². The van der Waals surface area contributed by atoms with Crippen LogP contribution in [0.1, 0.15) is 43.2 Å². The lowest BCUT2D eigenvalue weighted by molar-refractivity contribution is -0.148. The van der Waals surface area contributed by atoms with Gasteiger partial charge in [-0.3, -0.25) is 4.79 Å². The highest BCUT2D eigenvalue weighted by Gasteiger charge is 2.31. The van der Waals surface area contributed by atoms with E-state index >= 15 is 0 Å². The van der Waals surface area contributed by atoms with E-state index in [4.69, 9.17) is 13.9 Å². The Bertz CT molecular complexity index is 1060. The smallest absolute Gasteiger partial charge is 0.416 e. The van der Waals surface area contributed by atoms with Gasteiger partial charge in [-0.25, -0.2) is 0 Å². The third-order valence-electron chi connectivity index (χ3n) is 5.25. The minimum Gasteiger partial charge on any atom is -0.486 e. The summed E-state index contributed by atoms with van der Waals surface area (Å²) in [6, 6.07) is 13.8. The van der Waals surface area contributed by atoms with Gasteiger partial charge in [0.05, 0.1) is 17.6 Å². The Morgan fingerprint density at radius 3 is 2.12 bits per heavy atom. The third-order valence-corrected chi connectivity index (χ3v) is 5.25. The largest absolute Gasteiger partial charge is 0.486 e. The van der Waals surface area contributed by atoms with Gasteiger partial charge in [-0.1, -0.05) is 24.3 Å². The number of benzene rings is 2. The summed E-state index contributed by atoms with van der Waals surface area (Å²) in [6.07, 6.45) is -4.38. The van der Waals surface area contributed by atoms with Gasteiger partial charge in [0.1, 0.15) is 23.9 Å². The molecule has 0 aliphatic rings. The van der Waals surface area contributed by atoms with Crippen LogP contribution < -0.4 is 4.74 Å². The van der Waals surface area contributed by atoms with Crippen molar-refractivity contribution in [1.29, 1.82) is 0 Å². The highest BCUT2D eigenvalue weighted by Crippen LogP contribution is 2.32. The third kappa shape index (κ3) is 5.15. The van der Waals surface area contributed by atoms with Crippen molar-refractivity contribution in [3.05, 3.63) is 77.0 Å². The summed E-state index contributed by atoms with van der Waals surface area (Å²) in [6.45, 7) is 7.70. The predicted molar refractivity (Wildman–Crippen MR) is 114 cm³/mol. The van der Waals surface area contributed by atoms with E-state index in [1.165, 1.54) is 12.1 Å². The number of hydrogen-bond donors (Lipinski definition) is 0. The van der Waals surface area contributed by atoms with Gasteiger partial charge in [0.2, 0.25) is 0 Å². The van der Waals surface area contributed by atoms with E-state index in [1.807, 2.05) is 19.1 Å². The van der Waals surface area contributed by atoms with Crippen molar-refractivity contribution >= 4 is 5.97 Å². The molecular weight excluding hydrogens is 421 g/mol. The van der Waals surface area contributed by atoms with E-state index in [0.29, 0.717) is 29.4 Å². The summed E-state index contributed by atoms with van der Waals surface area (Å²) >= 11 is 0. The molecule has 170 valence electrons. The van der Waals surface area contributed by atoms with Gasteiger partial charge >= 0.3 is 12.1 Å². The minimum atomic E-state index is -4.38. The van der Waals surface area contributed by atoms with Gasteiger partial charge in [0.15, 0.2) is 0 Å². The van der Waals surface area contributed by atoms with Gasteiger partial charge in [0.25, 0.3) is 0 Å². The molecule has 1 heterocycles. The molecule has 32 heavy (non-hydrogen) atoms. The maximum Gasteiger partial charge on any atom is 0.416 e. The van der Waals surface area contributed by atoms with Crippen LogP contribution in [0.15, 0.2) is 59.0 Å². The number of alkyl halides is 3. The molecule has 3 aromatic rings.